The van der Waals surface area contributed by atoms with E-state index in [4.69, 9.17) is 5.73 Å². The smallest absolute Gasteiger partial charge is 0.253 e. The molecule has 0 saturated heterocycles. The number of carbonyl (C=O) groups is 2. The number of hydrogen-bond donors (Lipinski definition) is 2. The van der Waals surface area contributed by atoms with E-state index in [1.807, 2.05) is 0 Å². The summed E-state index contributed by atoms with van der Waals surface area (Å²) in [5, 5.41) is 2.51. The summed E-state index contributed by atoms with van der Waals surface area (Å²) in [7, 11) is 0. The highest BCUT2D eigenvalue weighted by atomic mass is 79.9. The minimum Gasteiger partial charge on any atom is -0.368 e. The molecule has 1 atom stereocenters. The largest absolute Gasteiger partial charge is 0.368 e. The van der Waals surface area contributed by atoms with Crippen molar-refractivity contribution in [2.75, 3.05) is 0 Å². The van der Waals surface area contributed by atoms with Gasteiger partial charge in [0.2, 0.25) is 5.91 Å². The Hall–Kier alpha value is -2.21. The van der Waals surface area contributed by atoms with Crippen molar-refractivity contribution in [1.82, 2.24) is 5.32 Å². The molecule has 0 bridgehead atoms. The molecule has 0 aliphatic heterocycles. The van der Waals surface area contributed by atoms with Gasteiger partial charge in [-0.1, -0.05) is 30.3 Å². The SMILES string of the molecule is NC(=O)C(NC(=O)c1cc(F)ccc1Br)c1ccccc1. The number of nitrogens with one attached hydrogen (secondary N) is 1. The quantitative estimate of drug-likeness (QED) is 0.889. The summed E-state index contributed by atoms with van der Waals surface area (Å²) < 4.78 is 13.7. The minimum absolute atomic E-state index is 0.0946. The summed E-state index contributed by atoms with van der Waals surface area (Å²) in [5.41, 5.74) is 5.98. The van der Waals surface area contributed by atoms with Crippen LogP contribution in [0, 0.1) is 5.82 Å². The lowest BCUT2D eigenvalue weighted by Crippen LogP contribution is -2.37. The van der Waals surface area contributed by atoms with E-state index in [1.54, 1.807) is 30.3 Å². The molecule has 0 saturated carbocycles. The summed E-state index contributed by atoms with van der Waals surface area (Å²) in [6.07, 6.45) is 0. The highest BCUT2D eigenvalue weighted by Gasteiger charge is 2.22. The molecule has 0 spiro atoms. The van der Waals surface area contributed by atoms with Crippen molar-refractivity contribution in [2.24, 2.45) is 5.73 Å². The van der Waals surface area contributed by atoms with Gasteiger partial charge in [0.1, 0.15) is 11.9 Å². The Morgan fingerprint density at radius 2 is 1.81 bits per heavy atom. The maximum Gasteiger partial charge on any atom is 0.253 e. The van der Waals surface area contributed by atoms with Crippen molar-refractivity contribution in [3.05, 3.63) is 69.9 Å². The number of halogens is 2. The van der Waals surface area contributed by atoms with Crippen LogP contribution in [0.3, 0.4) is 0 Å². The van der Waals surface area contributed by atoms with Gasteiger partial charge >= 0.3 is 0 Å². The first-order valence-corrected chi connectivity index (χ1v) is 6.88. The molecule has 2 rings (SSSR count). The number of benzene rings is 2. The third-order valence-electron chi connectivity index (χ3n) is 2.87. The van der Waals surface area contributed by atoms with E-state index in [0.29, 0.717) is 10.0 Å². The van der Waals surface area contributed by atoms with E-state index in [9.17, 15) is 14.0 Å². The van der Waals surface area contributed by atoms with Crippen molar-refractivity contribution >= 4 is 27.7 Å². The molecule has 6 heteroatoms. The van der Waals surface area contributed by atoms with Crippen molar-refractivity contribution in [3.8, 4) is 0 Å². The van der Waals surface area contributed by atoms with Crippen LogP contribution in [0.5, 0.6) is 0 Å². The number of nitrogens with two attached hydrogens (primary N) is 1. The molecule has 0 aliphatic rings. The second-order valence-electron chi connectivity index (χ2n) is 4.34. The molecule has 0 aliphatic carbocycles. The lowest BCUT2D eigenvalue weighted by molar-refractivity contribution is -0.120. The fourth-order valence-electron chi connectivity index (χ4n) is 1.84. The molecule has 3 N–H and O–H groups in total. The van der Waals surface area contributed by atoms with Crippen LogP contribution in [-0.2, 0) is 4.79 Å². The van der Waals surface area contributed by atoms with Crippen LogP contribution >= 0.6 is 15.9 Å². The lowest BCUT2D eigenvalue weighted by Gasteiger charge is -2.16. The van der Waals surface area contributed by atoms with Gasteiger partial charge < -0.3 is 11.1 Å². The average Bonchev–Trinajstić information content (AvgIpc) is 2.47. The van der Waals surface area contributed by atoms with Crippen LogP contribution < -0.4 is 11.1 Å². The van der Waals surface area contributed by atoms with E-state index >= 15 is 0 Å². The van der Waals surface area contributed by atoms with Crippen molar-refractivity contribution < 1.29 is 14.0 Å². The van der Waals surface area contributed by atoms with Gasteiger partial charge in [0.25, 0.3) is 5.91 Å². The molecule has 0 aromatic heterocycles. The summed E-state index contributed by atoms with van der Waals surface area (Å²) in [6, 6.07) is 11.4. The second kappa shape index (κ2) is 6.49. The van der Waals surface area contributed by atoms with Gasteiger partial charge in [-0.15, -0.1) is 0 Å². The van der Waals surface area contributed by atoms with Gasteiger partial charge in [0.15, 0.2) is 0 Å². The highest BCUT2D eigenvalue weighted by Crippen LogP contribution is 2.19. The first kappa shape index (κ1) is 15.2. The topological polar surface area (TPSA) is 72.2 Å². The number of carbonyl (C=O) groups excluding carboxylic acids is 2. The third kappa shape index (κ3) is 3.66. The van der Waals surface area contributed by atoms with Crippen LogP contribution in [-0.4, -0.2) is 11.8 Å². The predicted octanol–water partition coefficient (Wildman–Crippen LogP) is 2.54. The van der Waals surface area contributed by atoms with Crippen molar-refractivity contribution in [3.63, 3.8) is 0 Å². The van der Waals surface area contributed by atoms with Gasteiger partial charge in [-0.05, 0) is 39.7 Å². The normalized spacial score (nSPS) is 11.7. The van der Waals surface area contributed by atoms with Gasteiger partial charge in [0, 0.05) is 4.47 Å². The molecule has 4 nitrogen and oxygen atoms in total. The van der Waals surface area contributed by atoms with E-state index in [2.05, 4.69) is 21.2 Å². The standard InChI is InChI=1S/C15H12BrFN2O2/c16-12-7-6-10(17)8-11(12)15(21)19-13(14(18)20)9-4-2-1-3-5-9/h1-8,13H,(H2,18,20)(H,19,21). The monoisotopic (exact) mass is 350 g/mol. The molecule has 0 radical (unpaired) electrons. The third-order valence-corrected chi connectivity index (χ3v) is 3.56. The first-order chi connectivity index (χ1) is 9.99. The van der Waals surface area contributed by atoms with Crippen LogP contribution in [0.2, 0.25) is 0 Å². The first-order valence-electron chi connectivity index (χ1n) is 6.09. The number of rotatable bonds is 4. The number of primary amides is 1. The zero-order valence-corrected chi connectivity index (χ0v) is 12.4. The van der Waals surface area contributed by atoms with E-state index in [1.165, 1.54) is 12.1 Å². The Balaban J connectivity index is 2.27. The van der Waals surface area contributed by atoms with Crippen molar-refractivity contribution in [1.29, 1.82) is 0 Å². The molecule has 21 heavy (non-hydrogen) atoms. The fraction of sp³-hybridized carbons (Fsp3) is 0.0667. The van der Waals surface area contributed by atoms with E-state index in [0.717, 1.165) is 6.07 Å². The maximum absolute atomic E-state index is 13.2. The molecule has 0 fully saturated rings. The van der Waals surface area contributed by atoms with Gasteiger partial charge in [-0.25, -0.2) is 4.39 Å². The van der Waals surface area contributed by atoms with E-state index in [-0.39, 0.29) is 5.56 Å². The summed E-state index contributed by atoms with van der Waals surface area (Å²) >= 11 is 3.17. The number of amides is 2. The maximum atomic E-state index is 13.2. The summed E-state index contributed by atoms with van der Waals surface area (Å²) in [5.74, 6) is -1.82. The van der Waals surface area contributed by atoms with Gasteiger partial charge in [-0.2, -0.15) is 0 Å². The summed E-state index contributed by atoms with van der Waals surface area (Å²) in [6.45, 7) is 0. The van der Waals surface area contributed by atoms with Crippen LogP contribution in [0.25, 0.3) is 0 Å². The molecule has 2 amide bonds. The fourth-order valence-corrected chi connectivity index (χ4v) is 2.27. The molecular formula is C15H12BrFN2O2. The van der Waals surface area contributed by atoms with E-state index < -0.39 is 23.7 Å². The Morgan fingerprint density at radius 3 is 2.43 bits per heavy atom. The molecule has 2 aromatic rings. The predicted molar refractivity (Wildman–Crippen MR) is 79.9 cm³/mol. The molecule has 108 valence electrons. The minimum atomic E-state index is -0.978. The molecule has 0 heterocycles. The van der Waals surface area contributed by atoms with Crippen LogP contribution in [0.4, 0.5) is 4.39 Å². The average molecular weight is 351 g/mol. The zero-order valence-electron chi connectivity index (χ0n) is 10.8. The highest BCUT2D eigenvalue weighted by molar-refractivity contribution is 9.10. The second-order valence-corrected chi connectivity index (χ2v) is 5.20. The number of hydrogen-bond acceptors (Lipinski definition) is 2. The Morgan fingerprint density at radius 1 is 1.14 bits per heavy atom. The Labute approximate surface area is 129 Å². The lowest BCUT2D eigenvalue weighted by atomic mass is 10.1. The molecule has 1 unspecified atom stereocenters. The Bertz CT molecular complexity index is 677. The van der Waals surface area contributed by atoms with Crippen LogP contribution in [0.1, 0.15) is 22.0 Å². The van der Waals surface area contributed by atoms with Crippen LogP contribution in [0.15, 0.2) is 53.0 Å². The Kier molecular flexibility index (Phi) is 4.70. The molecular weight excluding hydrogens is 339 g/mol. The van der Waals surface area contributed by atoms with Gasteiger partial charge in [-0.3, -0.25) is 9.59 Å². The van der Waals surface area contributed by atoms with Gasteiger partial charge in [0.05, 0.1) is 5.56 Å². The molecule has 2 aromatic carbocycles. The zero-order chi connectivity index (χ0) is 15.4. The summed E-state index contributed by atoms with van der Waals surface area (Å²) in [4.78, 5) is 23.7. The van der Waals surface area contributed by atoms with Crippen molar-refractivity contribution in [2.45, 2.75) is 6.04 Å².